The number of rotatable bonds is 4. The van der Waals surface area contributed by atoms with E-state index in [-0.39, 0.29) is 27.9 Å². The fourth-order valence-electron chi connectivity index (χ4n) is 2.13. The van der Waals surface area contributed by atoms with E-state index in [1.54, 1.807) is 4.90 Å². The van der Waals surface area contributed by atoms with E-state index in [2.05, 4.69) is 4.74 Å². The van der Waals surface area contributed by atoms with Crippen LogP contribution in [0.3, 0.4) is 0 Å². The Balaban J connectivity index is 1.94. The molecule has 0 aliphatic carbocycles. The van der Waals surface area contributed by atoms with Crippen LogP contribution in [-0.4, -0.2) is 48.0 Å². The van der Waals surface area contributed by atoms with Gasteiger partial charge in [0.2, 0.25) is 0 Å². The molecule has 0 radical (unpaired) electrons. The van der Waals surface area contributed by atoms with Crippen molar-refractivity contribution >= 4 is 35.2 Å². The third kappa shape index (κ3) is 4.11. The molecule has 1 aromatic carbocycles. The van der Waals surface area contributed by atoms with Crippen LogP contribution in [0.5, 0.6) is 0 Å². The highest BCUT2D eigenvalue weighted by molar-refractivity contribution is 8.00. The van der Waals surface area contributed by atoms with Gasteiger partial charge in [-0.05, 0) is 24.6 Å². The quantitative estimate of drug-likeness (QED) is 0.796. The minimum absolute atomic E-state index is 0.116. The van der Waals surface area contributed by atoms with Crippen LogP contribution in [0.15, 0.2) is 18.2 Å². The first-order chi connectivity index (χ1) is 10.0. The Morgan fingerprint density at radius 1 is 1.52 bits per heavy atom. The molecule has 1 fully saturated rings. The molecule has 1 heterocycles. The monoisotopic (exact) mass is 331 g/mol. The van der Waals surface area contributed by atoms with Gasteiger partial charge in [-0.3, -0.25) is 9.59 Å². The van der Waals surface area contributed by atoms with Crippen LogP contribution in [0.25, 0.3) is 0 Å². The smallest absolute Gasteiger partial charge is 0.315 e. The SMILES string of the molecule is COC(=O)CSC1CCN(C(=O)c2ccc(F)cc2Cl)C1. The van der Waals surface area contributed by atoms with Gasteiger partial charge in [0.15, 0.2) is 0 Å². The molecule has 0 aromatic heterocycles. The van der Waals surface area contributed by atoms with E-state index in [4.69, 9.17) is 11.6 Å². The number of benzene rings is 1. The van der Waals surface area contributed by atoms with Gasteiger partial charge in [-0.25, -0.2) is 4.39 Å². The molecule has 1 amide bonds. The van der Waals surface area contributed by atoms with Gasteiger partial charge in [0, 0.05) is 18.3 Å². The Morgan fingerprint density at radius 2 is 2.29 bits per heavy atom. The Kier molecular flexibility index (Phi) is 5.47. The van der Waals surface area contributed by atoms with Crippen LogP contribution in [0.1, 0.15) is 16.8 Å². The van der Waals surface area contributed by atoms with Crippen LogP contribution < -0.4 is 0 Å². The molecule has 1 aliphatic heterocycles. The number of nitrogens with zero attached hydrogens (tertiary/aromatic N) is 1. The zero-order chi connectivity index (χ0) is 15.4. The van der Waals surface area contributed by atoms with E-state index in [0.29, 0.717) is 18.7 Å². The lowest BCUT2D eigenvalue weighted by Gasteiger charge is -2.17. The van der Waals surface area contributed by atoms with Crippen LogP contribution in [0, 0.1) is 5.82 Å². The third-order valence-electron chi connectivity index (χ3n) is 3.26. The van der Waals surface area contributed by atoms with Crippen molar-refractivity contribution in [2.24, 2.45) is 0 Å². The Labute approximate surface area is 131 Å². The second-order valence-electron chi connectivity index (χ2n) is 4.67. The van der Waals surface area contributed by atoms with Gasteiger partial charge in [0.25, 0.3) is 5.91 Å². The summed E-state index contributed by atoms with van der Waals surface area (Å²) in [6, 6.07) is 3.75. The van der Waals surface area contributed by atoms with Crippen molar-refractivity contribution < 1.29 is 18.7 Å². The van der Waals surface area contributed by atoms with Crippen molar-refractivity contribution in [3.05, 3.63) is 34.6 Å². The van der Waals surface area contributed by atoms with Crippen LogP contribution >= 0.6 is 23.4 Å². The summed E-state index contributed by atoms with van der Waals surface area (Å²) < 4.78 is 17.6. The molecule has 0 bridgehead atoms. The Hall–Kier alpha value is -1.27. The summed E-state index contributed by atoms with van der Waals surface area (Å²) in [6.45, 7) is 1.15. The summed E-state index contributed by atoms with van der Waals surface area (Å²) in [6.07, 6.45) is 0.812. The maximum atomic E-state index is 13.0. The average molecular weight is 332 g/mol. The molecule has 0 N–H and O–H groups in total. The molecule has 7 heteroatoms. The number of carbonyl (C=O) groups excluding carboxylic acids is 2. The third-order valence-corrected chi connectivity index (χ3v) is 4.83. The summed E-state index contributed by atoms with van der Waals surface area (Å²) in [4.78, 5) is 25.1. The maximum absolute atomic E-state index is 13.0. The molecule has 1 aromatic rings. The molecule has 4 nitrogen and oxygen atoms in total. The largest absolute Gasteiger partial charge is 0.468 e. The van der Waals surface area contributed by atoms with Crippen molar-refractivity contribution in [2.45, 2.75) is 11.7 Å². The summed E-state index contributed by atoms with van der Waals surface area (Å²) in [5, 5.41) is 0.318. The number of ether oxygens (including phenoxy) is 1. The molecule has 114 valence electrons. The first-order valence-corrected chi connectivity index (χ1v) is 7.86. The van der Waals surface area contributed by atoms with Crippen molar-refractivity contribution in [3.63, 3.8) is 0 Å². The highest BCUT2D eigenvalue weighted by atomic mass is 35.5. The van der Waals surface area contributed by atoms with Crippen molar-refractivity contribution in [1.82, 2.24) is 4.90 Å². The lowest BCUT2D eigenvalue weighted by Crippen LogP contribution is -2.29. The van der Waals surface area contributed by atoms with Crippen LogP contribution in [-0.2, 0) is 9.53 Å². The summed E-state index contributed by atoms with van der Waals surface area (Å²) in [5.41, 5.74) is 0.302. The lowest BCUT2D eigenvalue weighted by molar-refractivity contribution is -0.137. The van der Waals surface area contributed by atoms with E-state index in [1.165, 1.54) is 31.0 Å². The summed E-state index contributed by atoms with van der Waals surface area (Å²) >= 11 is 7.39. The predicted molar refractivity (Wildman–Crippen MR) is 80.2 cm³/mol. The number of likely N-dealkylation sites (tertiary alicyclic amines) is 1. The number of amides is 1. The zero-order valence-corrected chi connectivity index (χ0v) is 13.0. The molecule has 0 saturated carbocycles. The van der Waals surface area contributed by atoms with E-state index >= 15 is 0 Å². The number of hydrogen-bond donors (Lipinski definition) is 0. The highest BCUT2D eigenvalue weighted by Crippen LogP contribution is 2.26. The van der Waals surface area contributed by atoms with Crippen molar-refractivity contribution in [1.29, 1.82) is 0 Å². The van der Waals surface area contributed by atoms with Gasteiger partial charge in [-0.1, -0.05) is 11.6 Å². The van der Waals surface area contributed by atoms with Gasteiger partial charge < -0.3 is 9.64 Å². The van der Waals surface area contributed by atoms with Crippen LogP contribution in [0.2, 0.25) is 5.02 Å². The van der Waals surface area contributed by atoms with Gasteiger partial charge in [0.1, 0.15) is 5.82 Å². The molecule has 1 aliphatic rings. The molecular weight excluding hydrogens is 317 g/mol. The van der Waals surface area contributed by atoms with E-state index in [9.17, 15) is 14.0 Å². The fourth-order valence-corrected chi connectivity index (χ4v) is 3.42. The van der Waals surface area contributed by atoms with Gasteiger partial charge >= 0.3 is 5.97 Å². The molecule has 1 atom stereocenters. The molecule has 1 unspecified atom stereocenters. The number of esters is 1. The number of halogens is 2. The minimum atomic E-state index is -0.468. The standard InChI is InChI=1S/C14H15ClFNO3S/c1-20-13(18)8-21-10-4-5-17(7-10)14(19)11-3-2-9(16)6-12(11)15/h2-3,6,10H,4-5,7-8H2,1H3. The first kappa shape index (κ1) is 16.1. The number of carbonyl (C=O) groups is 2. The second-order valence-corrected chi connectivity index (χ2v) is 6.37. The average Bonchev–Trinajstić information content (AvgIpc) is 2.93. The van der Waals surface area contributed by atoms with Crippen molar-refractivity contribution in [3.8, 4) is 0 Å². The molecular formula is C14H15ClFNO3S. The second kappa shape index (κ2) is 7.13. The van der Waals surface area contributed by atoms with Gasteiger partial charge in [-0.15, -0.1) is 11.8 Å². The van der Waals surface area contributed by atoms with Gasteiger partial charge in [-0.2, -0.15) is 0 Å². The number of hydrogen-bond acceptors (Lipinski definition) is 4. The summed E-state index contributed by atoms with van der Waals surface area (Å²) in [5.74, 6) is -0.669. The summed E-state index contributed by atoms with van der Waals surface area (Å²) in [7, 11) is 1.35. The first-order valence-electron chi connectivity index (χ1n) is 6.44. The lowest BCUT2D eigenvalue weighted by atomic mass is 10.2. The zero-order valence-electron chi connectivity index (χ0n) is 11.5. The normalized spacial score (nSPS) is 17.9. The maximum Gasteiger partial charge on any atom is 0.315 e. The Morgan fingerprint density at radius 3 is 2.95 bits per heavy atom. The fraction of sp³-hybridized carbons (Fsp3) is 0.429. The van der Waals surface area contributed by atoms with E-state index in [1.807, 2.05) is 0 Å². The van der Waals surface area contributed by atoms with Gasteiger partial charge in [0.05, 0.1) is 23.4 Å². The molecule has 1 saturated heterocycles. The highest BCUT2D eigenvalue weighted by Gasteiger charge is 2.28. The topological polar surface area (TPSA) is 46.6 Å². The van der Waals surface area contributed by atoms with Crippen LogP contribution in [0.4, 0.5) is 4.39 Å². The molecule has 0 spiro atoms. The number of thioether (sulfide) groups is 1. The van der Waals surface area contributed by atoms with E-state index in [0.717, 1.165) is 12.5 Å². The minimum Gasteiger partial charge on any atom is -0.468 e. The molecule has 21 heavy (non-hydrogen) atoms. The van der Waals surface area contributed by atoms with E-state index < -0.39 is 5.82 Å². The Bertz CT molecular complexity index is 555. The predicted octanol–water partition coefficient (Wildman–Crippen LogP) is 2.60. The number of methoxy groups -OCH3 is 1. The van der Waals surface area contributed by atoms with Crippen molar-refractivity contribution in [2.75, 3.05) is 26.0 Å². The molecule has 2 rings (SSSR count).